The molecular weight excluding hydrogens is 228 g/mol. The monoisotopic (exact) mass is 256 g/mol. The summed E-state index contributed by atoms with van der Waals surface area (Å²) in [7, 11) is 5.70. The molecular formula is C14H28N2O2. The Labute approximate surface area is 111 Å². The fraction of sp³-hybridized carbons (Fsp3) is 1.00. The van der Waals surface area contributed by atoms with E-state index >= 15 is 0 Å². The van der Waals surface area contributed by atoms with Crippen molar-refractivity contribution in [3.8, 4) is 0 Å². The summed E-state index contributed by atoms with van der Waals surface area (Å²) in [5, 5.41) is 3.69. The molecule has 2 heterocycles. The quantitative estimate of drug-likeness (QED) is 0.758. The minimum absolute atomic E-state index is 0.149. The number of rotatable bonds is 5. The third-order valence-electron chi connectivity index (χ3n) is 4.71. The van der Waals surface area contributed by atoms with Gasteiger partial charge in [0.2, 0.25) is 0 Å². The molecule has 0 aromatic carbocycles. The fourth-order valence-electron chi connectivity index (χ4n) is 3.71. The summed E-state index contributed by atoms with van der Waals surface area (Å²) >= 11 is 0. The first-order valence-electron chi connectivity index (χ1n) is 7.19. The van der Waals surface area contributed by atoms with Crippen molar-refractivity contribution in [1.82, 2.24) is 10.2 Å². The summed E-state index contributed by atoms with van der Waals surface area (Å²) in [6, 6.07) is 2.39. The molecule has 3 atom stereocenters. The average Bonchev–Trinajstić information content (AvgIpc) is 2.32. The first-order valence-corrected chi connectivity index (χ1v) is 7.19. The molecule has 18 heavy (non-hydrogen) atoms. The van der Waals surface area contributed by atoms with E-state index in [0.29, 0.717) is 6.04 Å². The Hall–Kier alpha value is -0.160. The van der Waals surface area contributed by atoms with Gasteiger partial charge in [0.05, 0.1) is 6.04 Å². The molecule has 2 rings (SSSR count). The van der Waals surface area contributed by atoms with Crippen LogP contribution in [0.3, 0.4) is 0 Å². The molecule has 0 amide bonds. The van der Waals surface area contributed by atoms with E-state index in [1.807, 2.05) is 0 Å². The van der Waals surface area contributed by atoms with Crippen molar-refractivity contribution in [1.29, 1.82) is 0 Å². The highest BCUT2D eigenvalue weighted by atomic mass is 16.7. The van der Waals surface area contributed by atoms with Gasteiger partial charge in [-0.2, -0.15) is 0 Å². The maximum atomic E-state index is 5.32. The zero-order valence-electron chi connectivity index (χ0n) is 12.2. The Morgan fingerprint density at radius 3 is 2.17 bits per heavy atom. The van der Waals surface area contributed by atoms with Crippen molar-refractivity contribution in [2.75, 3.05) is 21.3 Å². The van der Waals surface area contributed by atoms with E-state index in [1.165, 1.54) is 32.1 Å². The molecule has 2 saturated heterocycles. The van der Waals surface area contributed by atoms with Crippen molar-refractivity contribution >= 4 is 0 Å². The van der Waals surface area contributed by atoms with Gasteiger partial charge in [-0.25, -0.2) is 0 Å². The van der Waals surface area contributed by atoms with E-state index in [4.69, 9.17) is 9.47 Å². The molecule has 0 radical (unpaired) electrons. The second kappa shape index (κ2) is 6.33. The lowest BCUT2D eigenvalue weighted by Crippen LogP contribution is -2.57. The van der Waals surface area contributed by atoms with Gasteiger partial charge < -0.3 is 19.7 Å². The lowest BCUT2D eigenvalue weighted by atomic mass is 9.82. The van der Waals surface area contributed by atoms with Gasteiger partial charge >= 0.3 is 0 Å². The van der Waals surface area contributed by atoms with Crippen LogP contribution in [0.15, 0.2) is 0 Å². The molecule has 0 aromatic rings. The Bertz CT molecular complexity index is 244. The van der Waals surface area contributed by atoms with Gasteiger partial charge in [0.1, 0.15) is 0 Å². The van der Waals surface area contributed by atoms with Crippen LogP contribution >= 0.6 is 0 Å². The average molecular weight is 256 g/mol. The largest absolute Gasteiger partial charge is 0.354 e. The molecule has 0 spiro atoms. The lowest BCUT2D eigenvalue weighted by molar-refractivity contribution is -0.122. The van der Waals surface area contributed by atoms with Crippen LogP contribution in [0.4, 0.5) is 0 Å². The lowest BCUT2D eigenvalue weighted by Gasteiger charge is -2.48. The normalized spacial score (nSPS) is 34.8. The highest BCUT2D eigenvalue weighted by Gasteiger charge is 2.36. The second-order valence-corrected chi connectivity index (χ2v) is 5.87. The SMILES string of the molecule is COC(OC)C(C)NC1CC2CCCC(C1)N2C. The molecule has 0 aromatic heterocycles. The molecule has 1 N–H and O–H groups in total. The van der Waals surface area contributed by atoms with E-state index in [9.17, 15) is 0 Å². The van der Waals surface area contributed by atoms with Crippen molar-refractivity contribution in [3.05, 3.63) is 0 Å². The van der Waals surface area contributed by atoms with Crippen LogP contribution < -0.4 is 5.32 Å². The van der Waals surface area contributed by atoms with Crippen LogP contribution in [0.2, 0.25) is 0 Å². The minimum Gasteiger partial charge on any atom is -0.354 e. The summed E-state index contributed by atoms with van der Waals surface area (Å²) < 4.78 is 10.6. The van der Waals surface area contributed by atoms with Crippen LogP contribution in [0.25, 0.3) is 0 Å². The van der Waals surface area contributed by atoms with E-state index < -0.39 is 0 Å². The predicted molar refractivity (Wildman–Crippen MR) is 72.6 cm³/mol. The van der Waals surface area contributed by atoms with Gasteiger partial charge in [0.25, 0.3) is 0 Å². The first kappa shape index (κ1) is 14.3. The second-order valence-electron chi connectivity index (χ2n) is 5.87. The standard InChI is InChI=1S/C14H28N2O2/c1-10(14(17-3)18-4)15-11-8-12-6-5-7-13(9-11)16(12)2/h10-15H,5-9H2,1-4H3. The molecule has 0 aliphatic carbocycles. The van der Waals surface area contributed by atoms with Crippen LogP contribution in [0, 0.1) is 0 Å². The molecule has 2 fully saturated rings. The molecule has 0 saturated carbocycles. The highest BCUT2D eigenvalue weighted by molar-refractivity contribution is 4.94. The maximum absolute atomic E-state index is 5.32. The van der Waals surface area contributed by atoms with E-state index in [2.05, 4.69) is 24.2 Å². The number of hydrogen-bond donors (Lipinski definition) is 1. The van der Waals surface area contributed by atoms with E-state index in [-0.39, 0.29) is 12.3 Å². The van der Waals surface area contributed by atoms with Crippen LogP contribution in [0.5, 0.6) is 0 Å². The number of piperidine rings is 2. The van der Waals surface area contributed by atoms with Crippen LogP contribution in [-0.4, -0.2) is 56.6 Å². The van der Waals surface area contributed by atoms with Crippen molar-refractivity contribution < 1.29 is 9.47 Å². The Kier molecular flexibility index (Phi) is 5.01. The molecule has 4 nitrogen and oxygen atoms in total. The smallest absolute Gasteiger partial charge is 0.171 e. The summed E-state index contributed by atoms with van der Waals surface area (Å²) in [4.78, 5) is 2.59. The summed E-state index contributed by atoms with van der Waals surface area (Å²) in [5.41, 5.74) is 0. The highest BCUT2D eigenvalue weighted by Crippen LogP contribution is 2.32. The molecule has 2 bridgehead atoms. The molecule has 3 unspecified atom stereocenters. The summed E-state index contributed by atoms with van der Waals surface area (Å²) in [5.74, 6) is 0. The fourth-order valence-corrected chi connectivity index (χ4v) is 3.71. The molecule has 2 aliphatic rings. The van der Waals surface area contributed by atoms with Crippen molar-refractivity contribution in [3.63, 3.8) is 0 Å². The zero-order chi connectivity index (χ0) is 13.1. The molecule has 4 heteroatoms. The molecule has 2 aliphatic heterocycles. The van der Waals surface area contributed by atoms with Crippen LogP contribution in [-0.2, 0) is 9.47 Å². The first-order chi connectivity index (χ1) is 8.65. The van der Waals surface area contributed by atoms with Crippen LogP contribution in [0.1, 0.15) is 39.0 Å². The Balaban J connectivity index is 1.87. The Morgan fingerprint density at radius 2 is 1.67 bits per heavy atom. The number of nitrogens with one attached hydrogen (secondary N) is 1. The summed E-state index contributed by atoms with van der Waals surface area (Å²) in [6.07, 6.45) is 6.50. The zero-order valence-corrected chi connectivity index (χ0v) is 12.2. The number of nitrogens with zero attached hydrogens (tertiary/aromatic N) is 1. The minimum atomic E-state index is -0.149. The summed E-state index contributed by atoms with van der Waals surface area (Å²) in [6.45, 7) is 2.14. The van der Waals surface area contributed by atoms with Gasteiger partial charge in [0.15, 0.2) is 6.29 Å². The van der Waals surface area contributed by atoms with Gasteiger partial charge in [-0.1, -0.05) is 6.42 Å². The third-order valence-corrected chi connectivity index (χ3v) is 4.71. The number of ether oxygens (including phenoxy) is 2. The number of fused-ring (bicyclic) bond motifs is 2. The van der Waals surface area contributed by atoms with Crippen molar-refractivity contribution in [2.24, 2.45) is 0 Å². The predicted octanol–water partition coefficient (Wildman–Crippen LogP) is 1.60. The topological polar surface area (TPSA) is 33.7 Å². The Morgan fingerprint density at radius 1 is 1.11 bits per heavy atom. The van der Waals surface area contributed by atoms with Gasteiger partial charge in [-0.3, -0.25) is 0 Å². The maximum Gasteiger partial charge on any atom is 0.171 e. The van der Waals surface area contributed by atoms with Crippen molar-refractivity contribution in [2.45, 2.75) is 69.5 Å². The van der Waals surface area contributed by atoms with E-state index in [0.717, 1.165) is 12.1 Å². The van der Waals surface area contributed by atoms with Gasteiger partial charge in [0, 0.05) is 32.3 Å². The number of methoxy groups -OCH3 is 2. The van der Waals surface area contributed by atoms with Gasteiger partial charge in [-0.05, 0) is 39.7 Å². The third kappa shape index (κ3) is 3.05. The van der Waals surface area contributed by atoms with E-state index in [1.54, 1.807) is 14.2 Å². The molecule has 106 valence electrons. The van der Waals surface area contributed by atoms with Gasteiger partial charge in [-0.15, -0.1) is 0 Å². The number of hydrogen-bond acceptors (Lipinski definition) is 4.